The van der Waals surface area contributed by atoms with Gasteiger partial charge in [0.05, 0.1) is 12.5 Å². The molecule has 0 unspecified atom stereocenters. The molecule has 4 rings (SSSR count). The van der Waals surface area contributed by atoms with Crippen molar-refractivity contribution >= 4 is 23.3 Å². The van der Waals surface area contributed by atoms with Crippen molar-refractivity contribution in [1.82, 2.24) is 24.7 Å². The zero-order valence-corrected chi connectivity index (χ0v) is 17.1. The number of amides is 1. The molecule has 4 heterocycles. The summed E-state index contributed by atoms with van der Waals surface area (Å²) in [6.45, 7) is 7.01. The first-order valence-corrected chi connectivity index (χ1v) is 10.5. The van der Waals surface area contributed by atoms with Gasteiger partial charge in [0.25, 0.3) is 0 Å². The van der Waals surface area contributed by atoms with Crippen LogP contribution in [0.2, 0.25) is 0 Å². The number of esters is 1. The molecule has 1 amide bonds. The normalized spacial score (nSPS) is 19.0. The van der Waals surface area contributed by atoms with Gasteiger partial charge in [-0.25, -0.2) is 0 Å². The molecule has 2 saturated heterocycles. The molecule has 156 valence electrons. The second kappa shape index (κ2) is 8.34. The lowest BCUT2D eigenvalue weighted by Crippen LogP contribution is -2.46. The van der Waals surface area contributed by atoms with Gasteiger partial charge in [-0.3, -0.25) is 9.59 Å². The highest BCUT2D eigenvalue weighted by Gasteiger charge is 2.33. The largest absolute Gasteiger partial charge is 0.466 e. The maximum Gasteiger partial charge on any atom is 0.309 e. The summed E-state index contributed by atoms with van der Waals surface area (Å²) in [4.78, 5) is 29.0. The molecule has 9 nitrogen and oxygen atoms in total. The Morgan fingerprint density at radius 3 is 2.41 bits per heavy atom. The highest BCUT2D eigenvalue weighted by atomic mass is 16.5. The van der Waals surface area contributed by atoms with E-state index in [0.29, 0.717) is 32.5 Å². The van der Waals surface area contributed by atoms with Gasteiger partial charge in [0, 0.05) is 32.1 Å². The summed E-state index contributed by atoms with van der Waals surface area (Å²) in [6, 6.07) is 3.89. The van der Waals surface area contributed by atoms with E-state index >= 15 is 0 Å². The lowest BCUT2D eigenvalue weighted by molar-refractivity contribution is -0.151. The lowest BCUT2D eigenvalue weighted by atomic mass is 9.92. The van der Waals surface area contributed by atoms with Crippen LogP contribution in [-0.2, 0) is 14.3 Å². The van der Waals surface area contributed by atoms with E-state index in [1.165, 1.54) is 0 Å². The highest BCUT2D eigenvalue weighted by molar-refractivity contribution is 5.80. The van der Waals surface area contributed by atoms with E-state index in [-0.39, 0.29) is 23.7 Å². The predicted molar refractivity (Wildman–Crippen MR) is 106 cm³/mol. The van der Waals surface area contributed by atoms with Crippen molar-refractivity contribution in [3.63, 3.8) is 0 Å². The Kier molecular flexibility index (Phi) is 5.64. The third-order valence-electron chi connectivity index (χ3n) is 6.00. The van der Waals surface area contributed by atoms with E-state index < -0.39 is 0 Å². The molecule has 0 atom stereocenters. The average Bonchev–Trinajstić information content (AvgIpc) is 3.14. The average molecular weight is 400 g/mol. The van der Waals surface area contributed by atoms with Gasteiger partial charge in [-0.2, -0.15) is 4.52 Å². The second-order valence-electron chi connectivity index (χ2n) is 7.82. The lowest BCUT2D eigenvalue weighted by Gasteiger charge is -2.37. The fraction of sp³-hybridized carbons (Fsp3) is 0.650. The van der Waals surface area contributed by atoms with Crippen molar-refractivity contribution in [1.29, 1.82) is 0 Å². The third-order valence-corrected chi connectivity index (χ3v) is 6.00. The van der Waals surface area contributed by atoms with Crippen LogP contribution in [0, 0.1) is 18.8 Å². The number of piperidine rings is 2. The second-order valence-corrected chi connectivity index (χ2v) is 7.82. The van der Waals surface area contributed by atoms with Crippen molar-refractivity contribution < 1.29 is 14.3 Å². The van der Waals surface area contributed by atoms with Crippen LogP contribution >= 0.6 is 0 Å². The number of aromatic nitrogens is 4. The van der Waals surface area contributed by atoms with E-state index in [9.17, 15) is 9.59 Å². The molecule has 2 aliphatic rings. The van der Waals surface area contributed by atoms with Gasteiger partial charge in [-0.15, -0.1) is 15.3 Å². The summed E-state index contributed by atoms with van der Waals surface area (Å²) in [5.74, 6) is 1.74. The molecule has 0 bridgehead atoms. The summed E-state index contributed by atoms with van der Waals surface area (Å²) in [5.41, 5.74) is 0.738. The van der Waals surface area contributed by atoms with Crippen molar-refractivity contribution in [2.45, 2.75) is 39.5 Å². The number of carbonyl (C=O) groups excluding carboxylic acids is 2. The van der Waals surface area contributed by atoms with Crippen LogP contribution in [0.25, 0.3) is 5.65 Å². The van der Waals surface area contributed by atoms with Gasteiger partial charge < -0.3 is 14.5 Å². The number of anilines is 1. The third kappa shape index (κ3) is 4.04. The Morgan fingerprint density at radius 1 is 1.03 bits per heavy atom. The molecular formula is C20H28N6O3. The SMILES string of the molecule is CCOC(=O)C1CCN(C(=O)C2CCN(c3ccc4nnc(C)n4n3)CC2)CC1. The first-order chi connectivity index (χ1) is 14.1. The Bertz CT molecular complexity index is 881. The first kappa shape index (κ1) is 19.6. The molecule has 29 heavy (non-hydrogen) atoms. The molecule has 0 aliphatic carbocycles. The molecular weight excluding hydrogens is 372 g/mol. The minimum absolute atomic E-state index is 0.0470. The van der Waals surface area contributed by atoms with Gasteiger partial charge in [0.1, 0.15) is 5.82 Å². The van der Waals surface area contributed by atoms with E-state index in [1.54, 1.807) is 4.52 Å². The summed E-state index contributed by atoms with van der Waals surface area (Å²) >= 11 is 0. The number of carbonyl (C=O) groups is 2. The van der Waals surface area contributed by atoms with Crippen LogP contribution in [0.15, 0.2) is 12.1 Å². The number of aryl methyl sites for hydroxylation is 1. The summed E-state index contributed by atoms with van der Waals surface area (Å²) in [5, 5.41) is 12.8. The molecule has 0 radical (unpaired) electrons. The Balaban J connectivity index is 1.30. The molecule has 2 fully saturated rings. The fourth-order valence-corrected chi connectivity index (χ4v) is 4.26. The van der Waals surface area contributed by atoms with Crippen molar-refractivity contribution in [2.75, 3.05) is 37.7 Å². The van der Waals surface area contributed by atoms with Crippen LogP contribution in [0.3, 0.4) is 0 Å². The minimum Gasteiger partial charge on any atom is -0.466 e. The highest BCUT2D eigenvalue weighted by Crippen LogP contribution is 2.26. The summed E-state index contributed by atoms with van der Waals surface area (Å²) < 4.78 is 6.86. The van der Waals surface area contributed by atoms with Gasteiger partial charge >= 0.3 is 5.97 Å². The Hall–Kier alpha value is -2.71. The number of rotatable bonds is 4. The number of hydrogen-bond donors (Lipinski definition) is 0. The van der Waals surface area contributed by atoms with Gasteiger partial charge in [-0.1, -0.05) is 0 Å². The van der Waals surface area contributed by atoms with Crippen molar-refractivity contribution in [3.05, 3.63) is 18.0 Å². The molecule has 9 heteroatoms. The standard InChI is InChI=1S/C20H28N6O3/c1-3-29-20(28)16-8-12-25(13-9-16)19(27)15-6-10-24(11-7-15)18-5-4-17-22-21-14(2)26(17)23-18/h4-5,15-16H,3,6-13H2,1-2H3. The minimum atomic E-state index is -0.124. The predicted octanol–water partition coefficient (Wildman–Crippen LogP) is 1.45. The van der Waals surface area contributed by atoms with Gasteiger partial charge in [0.15, 0.2) is 11.5 Å². The molecule has 0 saturated carbocycles. The van der Waals surface area contributed by atoms with Crippen molar-refractivity contribution in [3.8, 4) is 0 Å². The van der Waals surface area contributed by atoms with Gasteiger partial charge in [-0.05, 0) is 51.7 Å². The first-order valence-electron chi connectivity index (χ1n) is 10.5. The molecule has 2 aromatic rings. The molecule has 2 aliphatic heterocycles. The fourth-order valence-electron chi connectivity index (χ4n) is 4.26. The maximum absolute atomic E-state index is 12.9. The van der Waals surface area contributed by atoms with Crippen molar-refractivity contribution in [2.24, 2.45) is 11.8 Å². The number of likely N-dealkylation sites (tertiary alicyclic amines) is 1. The quantitative estimate of drug-likeness (QED) is 0.717. The van der Waals surface area contributed by atoms with Crippen LogP contribution in [-0.4, -0.2) is 69.4 Å². The number of fused-ring (bicyclic) bond motifs is 1. The smallest absolute Gasteiger partial charge is 0.309 e. The van der Waals surface area contributed by atoms with E-state index in [1.807, 2.05) is 30.9 Å². The molecule has 0 spiro atoms. The Morgan fingerprint density at radius 2 is 1.72 bits per heavy atom. The summed E-state index contributed by atoms with van der Waals surface area (Å²) in [6.07, 6.45) is 3.03. The molecule has 2 aromatic heterocycles. The Labute approximate surface area is 170 Å². The molecule has 0 N–H and O–H groups in total. The van der Waals surface area contributed by atoms with Crippen LogP contribution < -0.4 is 4.90 Å². The summed E-state index contributed by atoms with van der Waals surface area (Å²) in [7, 11) is 0. The van der Waals surface area contributed by atoms with E-state index in [4.69, 9.17) is 4.74 Å². The monoisotopic (exact) mass is 400 g/mol. The van der Waals surface area contributed by atoms with Gasteiger partial charge in [0.2, 0.25) is 5.91 Å². The van der Waals surface area contributed by atoms with Crippen LogP contribution in [0.5, 0.6) is 0 Å². The zero-order chi connectivity index (χ0) is 20.4. The number of nitrogens with zero attached hydrogens (tertiary/aromatic N) is 6. The molecule has 0 aromatic carbocycles. The maximum atomic E-state index is 12.9. The van der Waals surface area contributed by atoms with E-state index in [0.717, 1.165) is 43.2 Å². The van der Waals surface area contributed by atoms with Crippen LogP contribution in [0.1, 0.15) is 38.4 Å². The van der Waals surface area contributed by atoms with E-state index in [2.05, 4.69) is 20.2 Å². The van der Waals surface area contributed by atoms with Crippen LogP contribution in [0.4, 0.5) is 5.82 Å². The topological polar surface area (TPSA) is 92.9 Å². The number of ether oxygens (including phenoxy) is 1. The number of hydrogen-bond acceptors (Lipinski definition) is 7. The zero-order valence-electron chi connectivity index (χ0n) is 17.1.